The Morgan fingerprint density at radius 1 is 1.50 bits per heavy atom. The number of β-amino-alcohol motifs (C(OH)–C–C–N with tert-alkyl or cyclic N) is 1. The highest BCUT2D eigenvalue weighted by Crippen LogP contribution is 2.19. The van der Waals surface area contributed by atoms with Crippen LogP contribution in [0, 0.1) is 0 Å². The molecule has 0 saturated carbocycles. The van der Waals surface area contributed by atoms with Crippen molar-refractivity contribution in [1.82, 2.24) is 4.90 Å². The number of hydrogen-bond donors (Lipinski definition) is 2. The smallest absolute Gasteiger partial charge is 0.326 e. The summed E-state index contributed by atoms with van der Waals surface area (Å²) in [7, 11) is 0. The quantitative estimate of drug-likeness (QED) is 0.664. The maximum absolute atomic E-state index is 11.5. The predicted molar refractivity (Wildman–Crippen MR) is 48.7 cm³/mol. The van der Waals surface area contributed by atoms with Gasteiger partial charge in [-0.25, -0.2) is 4.79 Å². The summed E-state index contributed by atoms with van der Waals surface area (Å²) in [5, 5.41) is 18.1. The van der Waals surface area contributed by atoms with E-state index in [4.69, 9.17) is 5.11 Å². The van der Waals surface area contributed by atoms with Crippen molar-refractivity contribution >= 4 is 11.9 Å². The topological polar surface area (TPSA) is 77.8 Å². The normalized spacial score (nSPS) is 26.6. The van der Waals surface area contributed by atoms with Gasteiger partial charge in [0.25, 0.3) is 0 Å². The Kier molecular flexibility index (Phi) is 3.46. The van der Waals surface area contributed by atoms with Gasteiger partial charge in [-0.2, -0.15) is 0 Å². The number of likely N-dealkylation sites (tertiary alicyclic amines) is 1. The summed E-state index contributed by atoms with van der Waals surface area (Å²) in [4.78, 5) is 23.5. The first kappa shape index (κ1) is 11.0. The van der Waals surface area contributed by atoms with Gasteiger partial charge in [-0.15, -0.1) is 0 Å². The third-order valence-corrected chi connectivity index (χ3v) is 2.35. The van der Waals surface area contributed by atoms with Crippen LogP contribution in [-0.4, -0.2) is 45.7 Å². The summed E-state index contributed by atoms with van der Waals surface area (Å²) < 4.78 is 0. The molecule has 1 heterocycles. The zero-order valence-electron chi connectivity index (χ0n) is 8.14. The zero-order valence-corrected chi connectivity index (χ0v) is 8.14. The average molecular weight is 201 g/mol. The van der Waals surface area contributed by atoms with Gasteiger partial charge in [0.2, 0.25) is 5.91 Å². The molecule has 0 radical (unpaired) electrons. The van der Waals surface area contributed by atoms with E-state index in [0.29, 0.717) is 12.8 Å². The third-order valence-electron chi connectivity index (χ3n) is 2.35. The van der Waals surface area contributed by atoms with E-state index < -0.39 is 18.1 Å². The minimum Gasteiger partial charge on any atom is -0.480 e. The third kappa shape index (κ3) is 2.23. The summed E-state index contributed by atoms with van der Waals surface area (Å²) in [6, 6.07) is -0.843. The summed E-state index contributed by atoms with van der Waals surface area (Å²) in [5.41, 5.74) is 0. The van der Waals surface area contributed by atoms with Crippen molar-refractivity contribution < 1.29 is 19.8 Å². The lowest BCUT2D eigenvalue weighted by molar-refractivity contribution is -0.148. The number of carbonyl (C=O) groups excluding carboxylic acids is 1. The molecule has 1 rings (SSSR count). The highest BCUT2D eigenvalue weighted by atomic mass is 16.4. The van der Waals surface area contributed by atoms with Gasteiger partial charge >= 0.3 is 5.97 Å². The maximum Gasteiger partial charge on any atom is 0.326 e. The van der Waals surface area contributed by atoms with Crippen molar-refractivity contribution in [1.29, 1.82) is 0 Å². The second-order valence-electron chi connectivity index (χ2n) is 3.54. The Labute approximate surface area is 82.3 Å². The Morgan fingerprint density at radius 3 is 2.64 bits per heavy atom. The molecule has 1 aliphatic heterocycles. The second kappa shape index (κ2) is 4.41. The van der Waals surface area contributed by atoms with E-state index in [2.05, 4.69) is 0 Å². The van der Waals surface area contributed by atoms with Gasteiger partial charge in [0.1, 0.15) is 6.04 Å². The minimum absolute atomic E-state index is 0.144. The standard InChI is InChI=1S/C9H15NO4/c1-2-3-8(12)10-5-6(11)4-7(10)9(13)14/h6-7,11H,2-5H2,1H3,(H,13,14)/t6-,7-/m1/s1. The highest BCUT2D eigenvalue weighted by molar-refractivity contribution is 5.84. The van der Waals surface area contributed by atoms with Gasteiger partial charge < -0.3 is 15.1 Å². The van der Waals surface area contributed by atoms with Gasteiger partial charge in [0, 0.05) is 19.4 Å². The lowest BCUT2D eigenvalue weighted by Gasteiger charge is -2.20. The number of hydrogen-bond acceptors (Lipinski definition) is 3. The Bertz CT molecular complexity index is 241. The number of carbonyl (C=O) groups is 2. The van der Waals surface area contributed by atoms with Crippen molar-refractivity contribution in [2.45, 2.75) is 38.3 Å². The van der Waals surface area contributed by atoms with Crippen molar-refractivity contribution in [3.63, 3.8) is 0 Å². The molecular weight excluding hydrogens is 186 g/mol. The molecule has 0 aromatic carbocycles. The van der Waals surface area contributed by atoms with Gasteiger partial charge in [0.15, 0.2) is 0 Å². The number of rotatable bonds is 3. The molecule has 1 amide bonds. The number of carboxylic acids is 1. The van der Waals surface area contributed by atoms with E-state index in [1.807, 2.05) is 6.92 Å². The molecule has 0 aromatic rings. The lowest BCUT2D eigenvalue weighted by atomic mass is 10.2. The molecule has 5 nitrogen and oxygen atoms in total. The molecule has 0 spiro atoms. The summed E-state index contributed by atoms with van der Waals surface area (Å²) >= 11 is 0. The van der Waals surface area contributed by atoms with Crippen LogP contribution in [0.2, 0.25) is 0 Å². The van der Waals surface area contributed by atoms with Crippen molar-refractivity contribution in [3.8, 4) is 0 Å². The molecule has 2 N–H and O–H groups in total. The van der Waals surface area contributed by atoms with Crippen LogP contribution >= 0.6 is 0 Å². The fraction of sp³-hybridized carbons (Fsp3) is 0.778. The first-order chi connectivity index (χ1) is 6.56. The molecule has 80 valence electrons. The number of aliphatic hydroxyl groups is 1. The van der Waals surface area contributed by atoms with Crippen LogP contribution in [0.5, 0.6) is 0 Å². The second-order valence-corrected chi connectivity index (χ2v) is 3.54. The average Bonchev–Trinajstić information content (AvgIpc) is 2.48. The largest absolute Gasteiger partial charge is 0.480 e. The van der Waals surface area contributed by atoms with E-state index in [9.17, 15) is 14.7 Å². The fourth-order valence-corrected chi connectivity index (χ4v) is 1.68. The molecule has 14 heavy (non-hydrogen) atoms. The first-order valence-corrected chi connectivity index (χ1v) is 4.76. The summed E-state index contributed by atoms with van der Waals surface area (Å²) in [6.45, 7) is 2.01. The molecule has 0 unspecified atom stereocenters. The first-order valence-electron chi connectivity index (χ1n) is 4.76. The van der Waals surface area contributed by atoms with Gasteiger partial charge in [-0.3, -0.25) is 4.79 Å². The molecule has 5 heteroatoms. The zero-order chi connectivity index (χ0) is 10.7. The molecule has 1 saturated heterocycles. The van der Waals surface area contributed by atoms with Crippen LogP contribution in [-0.2, 0) is 9.59 Å². The van der Waals surface area contributed by atoms with Crippen LogP contribution in [0.15, 0.2) is 0 Å². The number of aliphatic hydroxyl groups excluding tert-OH is 1. The van der Waals surface area contributed by atoms with Gasteiger partial charge in [-0.1, -0.05) is 6.92 Å². The molecule has 1 fully saturated rings. The van der Waals surface area contributed by atoms with E-state index in [1.165, 1.54) is 4.90 Å². The van der Waals surface area contributed by atoms with Crippen LogP contribution in [0.4, 0.5) is 0 Å². The van der Waals surface area contributed by atoms with E-state index in [0.717, 1.165) is 0 Å². The Morgan fingerprint density at radius 2 is 2.14 bits per heavy atom. The van der Waals surface area contributed by atoms with Crippen LogP contribution in [0.25, 0.3) is 0 Å². The molecule has 0 aliphatic carbocycles. The molecule has 1 aliphatic rings. The van der Waals surface area contributed by atoms with Gasteiger partial charge in [-0.05, 0) is 6.42 Å². The highest BCUT2D eigenvalue weighted by Gasteiger charge is 2.38. The van der Waals surface area contributed by atoms with Gasteiger partial charge in [0.05, 0.1) is 6.10 Å². The van der Waals surface area contributed by atoms with Crippen LogP contribution < -0.4 is 0 Å². The molecule has 2 atom stereocenters. The Hall–Kier alpha value is -1.10. The predicted octanol–water partition coefficient (Wildman–Crippen LogP) is -0.167. The molecule has 0 bridgehead atoms. The maximum atomic E-state index is 11.5. The van der Waals surface area contributed by atoms with Crippen molar-refractivity contribution in [2.24, 2.45) is 0 Å². The van der Waals surface area contributed by atoms with Crippen molar-refractivity contribution in [3.05, 3.63) is 0 Å². The van der Waals surface area contributed by atoms with E-state index in [-0.39, 0.29) is 18.9 Å². The number of amides is 1. The fourth-order valence-electron chi connectivity index (χ4n) is 1.68. The van der Waals surface area contributed by atoms with E-state index in [1.54, 1.807) is 0 Å². The van der Waals surface area contributed by atoms with E-state index >= 15 is 0 Å². The van der Waals surface area contributed by atoms with Crippen LogP contribution in [0.1, 0.15) is 26.2 Å². The SMILES string of the molecule is CCCC(=O)N1C[C@H](O)C[C@@H]1C(=O)O. The minimum atomic E-state index is -1.04. The lowest BCUT2D eigenvalue weighted by Crippen LogP contribution is -2.40. The van der Waals surface area contributed by atoms with Crippen molar-refractivity contribution in [2.75, 3.05) is 6.54 Å². The monoisotopic (exact) mass is 201 g/mol. The number of carboxylic acid groups (broad SMARTS) is 1. The number of nitrogens with zero attached hydrogens (tertiary/aromatic N) is 1. The molecular formula is C9H15NO4. The molecule has 0 aromatic heterocycles. The Balaban J connectivity index is 2.66. The van der Waals surface area contributed by atoms with Crippen LogP contribution in [0.3, 0.4) is 0 Å². The summed E-state index contributed by atoms with van der Waals surface area (Å²) in [5.74, 6) is -1.22. The number of aliphatic carboxylic acids is 1. The summed E-state index contributed by atoms with van der Waals surface area (Å²) in [6.07, 6.45) is 0.482.